The van der Waals surface area contributed by atoms with E-state index in [9.17, 15) is 0 Å². The number of rotatable bonds is 7. The molecule has 0 fully saturated rings. The van der Waals surface area contributed by atoms with Crippen molar-refractivity contribution in [2.45, 2.75) is 46.6 Å². The topological polar surface area (TPSA) is 53.1 Å². The number of amidine groups is 1. The van der Waals surface area contributed by atoms with Gasteiger partial charge >= 0.3 is 0 Å². The molecule has 0 saturated carbocycles. The molecule has 14 heavy (non-hydrogen) atoms. The third kappa shape index (κ3) is 4.09. The SMILES string of the molecule is CCC(C)CN(CC)C(CC)C(=N)N. The van der Waals surface area contributed by atoms with Gasteiger partial charge in [-0.1, -0.05) is 34.1 Å². The van der Waals surface area contributed by atoms with E-state index in [4.69, 9.17) is 11.1 Å². The standard InChI is InChI=1S/C11H25N3/c1-5-9(4)8-14(7-3)10(6-2)11(12)13/h9-10H,5-8H2,1-4H3,(H3,12,13). The molecule has 84 valence electrons. The number of hydrogen-bond donors (Lipinski definition) is 2. The lowest BCUT2D eigenvalue weighted by Crippen LogP contribution is -2.45. The van der Waals surface area contributed by atoms with Crippen LogP contribution in [0.25, 0.3) is 0 Å². The molecular formula is C11H25N3. The minimum Gasteiger partial charge on any atom is -0.386 e. The van der Waals surface area contributed by atoms with Gasteiger partial charge in [0.25, 0.3) is 0 Å². The summed E-state index contributed by atoms with van der Waals surface area (Å²) < 4.78 is 0. The molecule has 0 bridgehead atoms. The second-order valence-corrected chi connectivity index (χ2v) is 3.98. The normalized spacial score (nSPS) is 15.5. The summed E-state index contributed by atoms with van der Waals surface area (Å²) in [6.45, 7) is 10.7. The van der Waals surface area contributed by atoms with Crippen molar-refractivity contribution in [1.29, 1.82) is 5.41 Å². The molecule has 3 N–H and O–H groups in total. The molecule has 0 aliphatic heterocycles. The first-order chi connectivity index (χ1) is 6.56. The third-order valence-electron chi connectivity index (χ3n) is 2.84. The zero-order valence-electron chi connectivity index (χ0n) is 10.0. The van der Waals surface area contributed by atoms with Crippen LogP contribution in [0, 0.1) is 11.3 Å². The summed E-state index contributed by atoms with van der Waals surface area (Å²) in [6.07, 6.45) is 2.12. The van der Waals surface area contributed by atoms with Crippen molar-refractivity contribution in [3.63, 3.8) is 0 Å². The molecule has 3 heteroatoms. The molecule has 2 atom stereocenters. The lowest BCUT2D eigenvalue weighted by atomic mass is 10.1. The van der Waals surface area contributed by atoms with Crippen LogP contribution in [0.1, 0.15) is 40.5 Å². The Balaban J connectivity index is 4.28. The van der Waals surface area contributed by atoms with Gasteiger partial charge in [-0.3, -0.25) is 10.3 Å². The van der Waals surface area contributed by atoms with Crippen LogP contribution in [0.5, 0.6) is 0 Å². The summed E-state index contributed by atoms with van der Waals surface area (Å²) in [6, 6.07) is 0.133. The van der Waals surface area contributed by atoms with Crippen molar-refractivity contribution in [2.75, 3.05) is 13.1 Å². The molecule has 0 aromatic carbocycles. The Morgan fingerprint density at radius 3 is 2.14 bits per heavy atom. The van der Waals surface area contributed by atoms with Gasteiger partial charge in [0, 0.05) is 6.54 Å². The van der Waals surface area contributed by atoms with E-state index in [0.717, 1.165) is 19.5 Å². The van der Waals surface area contributed by atoms with E-state index < -0.39 is 0 Å². The van der Waals surface area contributed by atoms with Crippen LogP contribution in [0.2, 0.25) is 0 Å². The fraction of sp³-hybridized carbons (Fsp3) is 0.909. The summed E-state index contributed by atoms with van der Waals surface area (Å²) in [5.74, 6) is 0.987. The quantitative estimate of drug-likeness (QED) is 0.487. The minimum absolute atomic E-state index is 0.133. The van der Waals surface area contributed by atoms with Gasteiger partial charge in [0.15, 0.2) is 0 Å². The van der Waals surface area contributed by atoms with E-state index >= 15 is 0 Å². The third-order valence-corrected chi connectivity index (χ3v) is 2.84. The van der Waals surface area contributed by atoms with Crippen LogP contribution >= 0.6 is 0 Å². The smallest absolute Gasteiger partial charge is 0.108 e. The molecule has 2 unspecified atom stereocenters. The Labute approximate surface area is 88.2 Å². The highest BCUT2D eigenvalue weighted by molar-refractivity contribution is 5.82. The zero-order valence-corrected chi connectivity index (χ0v) is 10.0. The van der Waals surface area contributed by atoms with E-state index in [1.54, 1.807) is 0 Å². The Hall–Kier alpha value is -0.570. The molecule has 0 amide bonds. The van der Waals surface area contributed by atoms with Crippen LogP contribution in [0.3, 0.4) is 0 Å². The van der Waals surface area contributed by atoms with Gasteiger partial charge in [-0.05, 0) is 18.9 Å². The van der Waals surface area contributed by atoms with E-state index in [1.165, 1.54) is 6.42 Å². The maximum absolute atomic E-state index is 7.52. The first-order valence-electron chi connectivity index (χ1n) is 5.64. The number of nitrogens with zero attached hydrogens (tertiary/aromatic N) is 1. The van der Waals surface area contributed by atoms with Crippen molar-refractivity contribution in [3.8, 4) is 0 Å². The lowest BCUT2D eigenvalue weighted by molar-refractivity contribution is 0.212. The fourth-order valence-electron chi connectivity index (χ4n) is 1.68. The summed E-state index contributed by atoms with van der Waals surface area (Å²) in [5, 5.41) is 7.52. The number of hydrogen-bond acceptors (Lipinski definition) is 2. The second-order valence-electron chi connectivity index (χ2n) is 3.98. The van der Waals surface area contributed by atoms with Gasteiger partial charge in [0.05, 0.1) is 6.04 Å². The van der Waals surface area contributed by atoms with Gasteiger partial charge < -0.3 is 5.73 Å². The average molecular weight is 199 g/mol. The van der Waals surface area contributed by atoms with Crippen molar-refractivity contribution in [2.24, 2.45) is 11.7 Å². The first kappa shape index (κ1) is 13.4. The molecule has 3 nitrogen and oxygen atoms in total. The zero-order chi connectivity index (χ0) is 11.1. The van der Waals surface area contributed by atoms with Gasteiger partial charge in [0.2, 0.25) is 0 Å². The maximum atomic E-state index is 7.52. The fourth-order valence-corrected chi connectivity index (χ4v) is 1.68. The van der Waals surface area contributed by atoms with Crippen molar-refractivity contribution in [3.05, 3.63) is 0 Å². The predicted octanol–water partition coefficient (Wildman–Crippen LogP) is 2.07. The van der Waals surface area contributed by atoms with Crippen molar-refractivity contribution in [1.82, 2.24) is 4.90 Å². The highest BCUT2D eigenvalue weighted by Crippen LogP contribution is 2.09. The maximum Gasteiger partial charge on any atom is 0.108 e. The van der Waals surface area contributed by atoms with Crippen molar-refractivity contribution < 1.29 is 0 Å². The molecule has 0 aliphatic carbocycles. The highest BCUT2D eigenvalue weighted by atomic mass is 15.2. The molecular weight excluding hydrogens is 174 g/mol. The highest BCUT2D eigenvalue weighted by Gasteiger charge is 2.19. The van der Waals surface area contributed by atoms with E-state index in [2.05, 4.69) is 32.6 Å². The number of likely N-dealkylation sites (N-methyl/N-ethyl adjacent to an activating group) is 1. The van der Waals surface area contributed by atoms with Crippen molar-refractivity contribution >= 4 is 5.84 Å². The predicted molar refractivity (Wildman–Crippen MR) is 62.7 cm³/mol. The van der Waals surface area contributed by atoms with Gasteiger partial charge in [-0.25, -0.2) is 0 Å². The van der Waals surface area contributed by atoms with Gasteiger partial charge in [-0.2, -0.15) is 0 Å². The van der Waals surface area contributed by atoms with Crippen LogP contribution in [0.4, 0.5) is 0 Å². The molecule has 0 rings (SSSR count). The number of nitrogens with two attached hydrogens (primary N) is 1. The Kier molecular flexibility index (Phi) is 6.54. The molecule has 0 spiro atoms. The molecule has 0 saturated heterocycles. The molecule has 0 aromatic rings. The molecule has 0 aromatic heterocycles. The Morgan fingerprint density at radius 2 is 1.86 bits per heavy atom. The second kappa shape index (κ2) is 6.82. The molecule has 0 radical (unpaired) electrons. The van der Waals surface area contributed by atoms with Gasteiger partial charge in [-0.15, -0.1) is 0 Å². The minimum atomic E-state index is 0.133. The molecule has 0 heterocycles. The molecule has 0 aliphatic rings. The van der Waals surface area contributed by atoms with E-state index in [0.29, 0.717) is 11.8 Å². The van der Waals surface area contributed by atoms with E-state index in [1.807, 2.05) is 0 Å². The van der Waals surface area contributed by atoms with Crippen LogP contribution in [-0.2, 0) is 0 Å². The lowest BCUT2D eigenvalue weighted by Gasteiger charge is -2.31. The monoisotopic (exact) mass is 199 g/mol. The summed E-state index contributed by atoms with van der Waals surface area (Å²) in [5.41, 5.74) is 5.58. The summed E-state index contributed by atoms with van der Waals surface area (Å²) >= 11 is 0. The van der Waals surface area contributed by atoms with Crippen LogP contribution < -0.4 is 5.73 Å². The van der Waals surface area contributed by atoms with Crippen LogP contribution in [-0.4, -0.2) is 29.9 Å². The Bertz CT molecular complexity index is 168. The van der Waals surface area contributed by atoms with Crippen LogP contribution in [0.15, 0.2) is 0 Å². The average Bonchev–Trinajstić information content (AvgIpc) is 2.16. The number of nitrogens with one attached hydrogen (secondary N) is 1. The largest absolute Gasteiger partial charge is 0.386 e. The summed E-state index contributed by atoms with van der Waals surface area (Å²) in [4.78, 5) is 2.30. The first-order valence-corrected chi connectivity index (χ1v) is 5.64. The van der Waals surface area contributed by atoms with E-state index in [-0.39, 0.29) is 6.04 Å². The summed E-state index contributed by atoms with van der Waals surface area (Å²) in [7, 11) is 0. The van der Waals surface area contributed by atoms with Gasteiger partial charge in [0.1, 0.15) is 5.84 Å². The Morgan fingerprint density at radius 1 is 1.29 bits per heavy atom.